The van der Waals surface area contributed by atoms with Gasteiger partial charge in [0.05, 0.1) is 28.6 Å². The Morgan fingerprint density at radius 3 is 2.71 bits per heavy atom. The van der Waals surface area contributed by atoms with Crippen LogP contribution in [-0.4, -0.2) is 17.9 Å². The molecule has 0 spiro atoms. The zero-order valence-corrected chi connectivity index (χ0v) is 13.1. The Hall–Kier alpha value is -3.33. The average Bonchev–Trinajstić information content (AvgIpc) is 2.71. The summed E-state index contributed by atoms with van der Waals surface area (Å²) in [5.41, 5.74) is 2.78. The second-order valence-electron chi connectivity index (χ2n) is 5.67. The van der Waals surface area contributed by atoms with Gasteiger partial charge in [-0.05, 0) is 43.3 Å². The van der Waals surface area contributed by atoms with Crippen LogP contribution in [0.2, 0.25) is 0 Å². The van der Waals surface area contributed by atoms with Gasteiger partial charge in [-0.15, -0.1) is 0 Å². The van der Waals surface area contributed by atoms with Gasteiger partial charge in [-0.2, -0.15) is 5.26 Å². The fourth-order valence-electron chi connectivity index (χ4n) is 2.60. The van der Waals surface area contributed by atoms with Crippen LogP contribution in [-0.2, 0) is 4.79 Å². The van der Waals surface area contributed by atoms with E-state index in [1.165, 1.54) is 0 Å². The minimum absolute atomic E-state index is 0.0740. The lowest BCUT2D eigenvalue weighted by atomic mass is 10.1. The average molecular weight is 320 g/mol. The summed E-state index contributed by atoms with van der Waals surface area (Å²) in [5.74, 6) is -0.370. The van der Waals surface area contributed by atoms with Crippen LogP contribution < -0.4 is 16.0 Å². The van der Waals surface area contributed by atoms with Crippen molar-refractivity contribution in [3.05, 3.63) is 53.6 Å². The van der Waals surface area contributed by atoms with E-state index in [4.69, 9.17) is 5.26 Å². The molecule has 6 heteroatoms. The SMILES string of the molecule is C[C@@H]1CC(=O)Nc2cccc(C(=O)Nc3ccc(C#N)cc3)c2N1. The van der Waals surface area contributed by atoms with E-state index in [1.54, 1.807) is 42.5 Å². The zero-order valence-electron chi connectivity index (χ0n) is 13.1. The minimum Gasteiger partial charge on any atom is -0.380 e. The number of fused-ring (bicyclic) bond motifs is 1. The molecule has 0 radical (unpaired) electrons. The Morgan fingerprint density at radius 1 is 1.25 bits per heavy atom. The van der Waals surface area contributed by atoms with Crippen LogP contribution in [0.3, 0.4) is 0 Å². The van der Waals surface area contributed by atoms with Crippen molar-refractivity contribution in [3.63, 3.8) is 0 Å². The van der Waals surface area contributed by atoms with E-state index in [0.717, 1.165) is 0 Å². The number of amides is 2. The van der Waals surface area contributed by atoms with E-state index in [1.807, 2.05) is 13.0 Å². The molecule has 24 heavy (non-hydrogen) atoms. The molecule has 1 heterocycles. The number of nitriles is 1. The quantitative estimate of drug-likeness (QED) is 0.793. The highest BCUT2D eigenvalue weighted by Crippen LogP contribution is 2.30. The van der Waals surface area contributed by atoms with E-state index in [0.29, 0.717) is 34.6 Å². The first-order chi connectivity index (χ1) is 11.6. The molecule has 0 saturated carbocycles. The summed E-state index contributed by atoms with van der Waals surface area (Å²) in [6.45, 7) is 1.89. The van der Waals surface area contributed by atoms with Crippen molar-refractivity contribution < 1.29 is 9.59 Å². The summed E-state index contributed by atoms with van der Waals surface area (Å²) in [4.78, 5) is 24.4. The van der Waals surface area contributed by atoms with Gasteiger partial charge in [0.15, 0.2) is 0 Å². The molecule has 0 saturated heterocycles. The van der Waals surface area contributed by atoms with Crippen LogP contribution in [0.25, 0.3) is 0 Å². The Bertz CT molecular complexity index is 837. The van der Waals surface area contributed by atoms with Gasteiger partial charge in [-0.25, -0.2) is 0 Å². The molecule has 6 nitrogen and oxygen atoms in total. The summed E-state index contributed by atoms with van der Waals surface area (Å²) in [6.07, 6.45) is 0.339. The third kappa shape index (κ3) is 3.20. The molecule has 0 unspecified atom stereocenters. The Morgan fingerprint density at radius 2 is 2.00 bits per heavy atom. The summed E-state index contributed by atoms with van der Waals surface area (Å²) < 4.78 is 0. The number of benzene rings is 2. The monoisotopic (exact) mass is 320 g/mol. The van der Waals surface area contributed by atoms with Crippen LogP contribution in [0.5, 0.6) is 0 Å². The standard InChI is InChI=1S/C18H16N4O2/c1-11-9-16(23)22-15-4-2-3-14(17(15)20-11)18(24)21-13-7-5-12(10-19)6-8-13/h2-8,11,20H,9H2,1H3,(H,21,24)(H,22,23)/t11-/m1/s1. The number of para-hydroxylation sites is 1. The van der Waals surface area contributed by atoms with E-state index >= 15 is 0 Å². The number of anilines is 3. The zero-order chi connectivity index (χ0) is 17.1. The van der Waals surface area contributed by atoms with Crippen LogP contribution in [0, 0.1) is 11.3 Å². The number of carbonyl (C=O) groups excluding carboxylic acids is 2. The molecular formula is C18H16N4O2. The highest BCUT2D eigenvalue weighted by Gasteiger charge is 2.22. The molecule has 0 aromatic heterocycles. The summed E-state index contributed by atoms with van der Waals surface area (Å²) in [5, 5.41) is 17.6. The fourth-order valence-corrected chi connectivity index (χ4v) is 2.60. The molecule has 1 atom stereocenters. The molecule has 0 fully saturated rings. The lowest BCUT2D eigenvalue weighted by Crippen LogP contribution is -2.20. The van der Waals surface area contributed by atoms with Gasteiger partial charge in [0.1, 0.15) is 0 Å². The van der Waals surface area contributed by atoms with Crippen molar-refractivity contribution in [2.24, 2.45) is 0 Å². The maximum absolute atomic E-state index is 12.6. The highest BCUT2D eigenvalue weighted by molar-refractivity contribution is 6.11. The van der Waals surface area contributed by atoms with Crippen molar-refractivity contribution in [3.8, 4) is 6.07 Å². The molecule has 0 bridgehead atoms. The molecular weight excluding hydrogens is 304 g/mol. The number of hydrogen-bond acceptors (Lipinski definition) is 4. The molecule has 120 valence electrons. The predicted molar refractivity (Wildman–Crippen MR) is 91.9 cm³/mol. The summed E-state index contributed by atoms with van der Waals surface area (Å²) >= 11 is 0. The smallest absolute Gasteiger partial charge is 0.257 e. The Kier molecular flexibility index (Phi) is 4.17. The lowest BCUT2D eigenvalue weighted by Gasteiger charge is -2.16. The molecule has 1 aliphatic rings. The highest BCUT2D eigenvalue weighted by atomic mass is 16.2. The van der Waals surface area contributed by atoms with E-state index in [2.05, 4.69) is 16.0 Å². The first-order valence-corrected chi connectivity index (χ1v) is 7.58. The molecule has 2 aromatic carbocycles. The second-order valence-corrected chi connectivity index (χ2v) is 5.67. The fraction of sp³-hybridized carbons (Fsp3) is 0.167. The van der Waals surface area contributed by atoms with Crippen molar-refractivity contribution in [2.45, 2.75) is 19.4 Å². The van der Waals surface area contributed by atoms with Crippen molar-refractivity contribution in [1.82, 2.24) is 0 Å². The Labute approximate surface area is 139 Å². The second kappa shape index (κ2) is 6.42. The predicted octanol–water partition coefficient (Wildman–Crippen LogP) is 2.95. The molecule has 1 aliphatic heterocycles. The van der Waals surface area contributed by atoms with E-state index < -0.39 is 0 Å². The van der Waals surface area contributed by atoms with E-state index in [9.17, 15) is 9.59 Å². The van der Waals surface area contributed by atoms with Crippen LogP contribution >= 0.6 is 0 Å². The van der Waals surface area contributed by atoms with E-state index in [-0.39, 0.29) is 17.9 Å². The number of rotatable bonds is 2. The third-order valence-corrected chi connectivity index (χ3v) is 3.74. The van der Waals surface area contributed by atoms with Crippen molar-refractivity contribution in [1.29, 1.82) is 5.26 Å². The largest absolute Gasteiger partial charge is 0.380 e. The topological polar surface area (TPSA) is 94.0 Å². The van der Waals surface area contributed by atoms with Crippen LogP contribution in [0.15, 0.2) is 42.5 Å². The van der Waals surface area contributed by atoms with Crippen molar-refractivity contribution in [2.75, 3.05) is 16.0 Å². The van der Waals surface area contributed by atoms with Gasteiger partial charge < -0.3 is 16.0 Å². The lowest BCUT2D eigenvalue weighted by molar-refractivity contribution is -0.116. The molecule has 3 N–H and O–H groups in total. The third-order valence-electron chi connectivity index (χ3n) is 3.74. The van der Waals surface area contributed by atoms with Crippen LogP contribution in [0.4, 0.5) is 17.1 Å². The molecule has 2 amide bonds. The van der Waals surface area contributed by atoms with Gasteiger partial charge >= 0.3 is 0 Å². The Balaban J connectivity index is 1.89. The maximum Gasteiger partial charge on any atom is 0.257 e. The summed E-state index contributed by atoms with van der Waals surface area (Å²) in [7, 11) is 0. The number of hydrogen-bond donors (Lipinski definition) is 3. The molecule has 0 aliphatic carbocycles. The molecule has 3 rings (SSSR count). The number of nitrogens with zero attached hydrogens (tertiary/aromatic N) is 1. The normalized spacial score (nSPS) is 16.0. The first-order valence-electron chi connectivity index (χ1n) is 7.58. The van der Waals surface area contributed by atoms with Crippen LogP contribution in [0.1, 0.15) is 29.3 Å². The van der Waals surface area contributed by atoms with Gasteiger partial charge in [-0.3, -0.25) is 9.59 Å². The first kappa shape index (κ1) is 15.6. The van der Waals surface area contributed by atoms with Gasteiger partial charge in [0.2, 0.25) is 5.91 Å². The van der Waals surface area contributed by atoms with Gasteiger partial charge in [-0.1, -0.05) is 6.07 Å². The van der Waals surface area contributed by atoms with Crippen molar-refractivity contribution >= 4 is 28.9 Å². The molecule has 2 aromatic rings. The van der Waals surface area contributed by atoms with Gasteiger partial charge in [0.25, 0.3) is 5.91 Å². The number of nitrogens with one attached hydrogen (secondary N) is 3. The minimum atomic E-state index is -0.285. The summed E-state index contributed by atoms with van der Waals surface area (Å²) in [6, 6.07) is 13.8. The maximum atomic E-state index is 12.6. The van der Waals surface area contributed by atoms with Gasteiger partial charge in [0, 0.05) is 18.2 Å². The number of carbonyl (C=O) groups is 2.